The predicted octanol–water partition coefficient (Wildman–Crippen LogP) is 2.12. The van der Waals surface area contributed by atoms with Crippen molar-refractivity contribution in [3.05, 3.63) is 47.8 Å². The Morgan fingerprint density at radius 3 is 2.96 bits per heavy atom. The van der Waals surface area contributed by atoms with Gasteiger partial charge in [-0.25, -0.2) is 0 Å². The van der Waals surface area contributed by atoms with Gasteiger partial charge in [0.25, 0.3) is 0 Å². The van der Waals surface area contributed by atoms with Crippen molar-refractivity contribution in [3.8, 4) is 5.75 Å². The zero-order valence-electron chi connectivity index (χ0n) is 14.3. The van der Waals surface area contributed by atoms with Crippen molar-refractivity contribution in [3.63, 3.8) is 0 Å². The minimum absolute atomic E-state index is 0.672. The van der Waals surface area contributed by atoms with Crippen LogP contribution >= 0.6 is 0 Å². The highest BCUT2D eigenvalue weighted by atomic mass is 16.5. The third-order valence-corrected chi connectivity index (χ3v) is 5.26. The molecule has 3 saturated heterocycles. The molecule has 4 heterocycles. The zero-order chi connectivity index (χ0) is 16.4. The molecule has 2 atom stereocenters. The molecule has 0 aliphatic carbocycles. The maximum Gasteiger partial charge on any atom is 0.123 e. The topological polar surface area (TPSA) is 42.3 Å². The van der Waals surface area contributed by atoms with Gasteiger partial charge in [-0.3, -0.25) is 9.58 Å². The van der Waals surface area contributed by atoms with E-state index >= 15 is 0 Å². The van der Waals surface area contributed by atoms with Gasteiger partial charge in [-0.15, -0.1) is 0 Å². The van der Waals surface area contributed by atoms with E-state index < -0.39 is 0 Å². The van der Waals surface area contributed by atoms with E-state index in [1.165, 1.54) is 37.1 Å². The van der Waals surface area contributed by atoms with Gasteiger partial charge in [0.15, 0.2) is 0 Å². The molecule has 2 bridgehead atoms. The van der Waals surface area contributed by atoms with E-state index in [4.69, 9.17) is 4.74 Å². The number of ether oxygens (including phenoxy) is 1. The highest BCUT2D eigenvalue weighted by Gasteiger charge is 2.28. The number of nitrogens with zero attached hydrogens (tertiary/aromatic N) is 3. The molecule has 5 heteroatoms. The Bertz CT molecular complexity index is 648. The average Bonchev–Trinajstić information content (AvgIpc) is 2.94. The summed E-state index contributed by atoms with van der Waals surface area (Å²) >= 11 is 0. The van der Waals surface area contributed by atoms with Gasteiger partial charge < -0.3 is 10.1 Å². The van der Waals surface area contributed by atoms with Crippen molar-refractivity contribution >= 4 is 0 Å². The van der Waals surface area contributed by atoms with E-state index in [-0.39, 0.29) is 0 Å². The number of methoxy groups -OCH3 is 1. The van der Waals surface area contributed by atoms with E-state index in [1.54, 1.807) is 7.11 Å². The second-order valence-corrected chi connectivity index (χ2v) is 7.09. The molecule has 2 unspecified atom stereocenters. The lowest BCUT2D eigenvalue weighted by Gasteiger charge is -2.23. The van der Waals surface area contributed by atoms with Crippen LogP contribution in [0.1, 0.15) is 24.0 Å². The molecule has 1 aromatic carbocycles. The van der Waals surface area contributed by atoms with Crippen molar-refractivity contribution in [2.24, 2.45) is 5.92 Å². The fourth-order valence-corrected chi connectivity index (χ4v) is 4.05. The average molecular weight is 326 g/mol. The summed E-state index contributed by atoms with van der Waals surface area (Å²) in [4.78, 5) is 2.61. The number of piperidine rings is 1. The van der Waals surface area contributed by atoms with E-state index in [0.29, 0.717) is 6.04 Å². The second-order valence-electron chi connectivity index (χ2n) is 7.09. The van der Waals surface area contributed by atoms with Crippen molar-refractivity contribution in [1.82, 2.24) is 20.0 Å². The molecule has 3 aliphatic heterocycles. The van der Waals surface area contributed by atoms with Gasteiger partial charge in [-0.2, -0.15) is 5.10 Å². The maximum absolute atomic E-state index is 5.54. The summed E-state index contributed by atoms with van der Waals surface area (Å²) in [5, 5.41) is 8.00. The first-order valence-corrected chi connectivity index (χ1v) is 8.89. The Morgan fingerprint density at radius 2 is 2.21 bits per heavy atom. The van der Waals surface area contributed by atoms with Crippen LogP contribution in [0.2, 0.25) is 0 Å². The third kappa shape index (κ3) is 3.47. The molecular formula is C19H26N4O. The molecule has 0 amide bonds. The minimum Gasteiger partial charge on any atom is -0.496 e. The van der Waals surface area contributed by atoms with E-state index in [9.17, 15) is 0 Å². The van der Waals surface area contributed by atoms with E-state index in [2.05, 4.69) is 33.5 Å². The first kappa shape index (κ1) is 15.7. The molecule has 128 valence electrons. The number of aromatic nitrogens is 2. The second kappa shape index (κ2) is 6.95. The standard InChI is InChI=1S/C19H26N4O/c1-24-19-6-4-15(9-17(19)13-23-8-2-7-21-23)11-22-12-16-3-5-18(14-22)20-10-16/h2,4,6-9,16,18,20H,3,5,10-14H2,1H3. The number of fused-ring (bicyclic) bond motifs is 4. The summed E-state index contributed by atoms with van der Waals surface area (Å²) < 4.78 is 7.48. The Balaban J connectivity index is 1.50. The molecule has 0 spiro atoms. The van der Waals surface area contributed by atoms with Crippen LogP contribution in [0.4, 0.5) is 0 Å². The number of hydrogen-bond donors (Lipinski definition) is 1. The van der Waals surface area contributed by atoms with Gasteiger partial charge >= 0.3 is 0 Å². The molecule has 1 aromatic heterocycles. The van der Waals surface area contributed by atoms with E-state index in [1.807, 2.05) is 23.1 Å². The lowest BCUT2D eigenvalue weighted by molar-refractivity contribution is 0.256. The minimum atomic E-state index is 0.672. The fourth-order valence-electron chi connectivity index (χ4n) is 4.05. The van der Waals surface area contributed by atoms with Crippen LogP contribution in [0.15, 0.2) is 36.7 Å². The van der Waals surface area contributed by atoms with Gasteiger partial charge in [0.2, 0.25) is 0 Å². The predicted molar refractivity (Wildman–Crippen MR) is 94.1 cm³/mol. The quantitative estimate of drug-likeness (QED) is 0.914. The molecular weight excluding hydrogens is 300 g/mol. The lowest BCUT2D eigenvalue weighted by Crippen LogP contribution is -2.39. The molecule has 5 rings (SSSR count). The Kier molecular flexibility index (Phi) is 4.54. The molecule has 0 radical (unpaired) electrons. The largest absolute Gasteiger partial charge is 0.496 e. The van der Waals surface area contributed by atoms with Crippen LogP contribution in [-0.4, -0.2) is 47.5 Å². The number of nitrogens with one attached hydrogen (secondary N) is 1. The summed E-state index contributed by atoms with van der Waals surface area (Å²) in [7, 11) is 1.74. The van der Waals surface area contributed by atoms with Crippen molar-refractivity contribution in [1.29, 1.82) is 0 Å². The Labute approximate surface area is 143 Å². The van der Waals surface area contributed by atoms with Crippen molar-refractivity contribution in [2.45, 2.75) is 32.0 Å². The summed E-state index contributed by atoms with van der Waals surface area (Å²) in [6, 6.07) is 9.20. The van der Waals surface area contributed by atoms with Crippen LogP contribution in [0.5, 0.6) is 5.75 Å². The third-order valence-electron chi connectivity index (χ3n) is 5.26. The van der Waals surface area contributed by atoms with Crippen LogP contribution in [0, 0.1) is 5.92 Å². The SMILES string of the molecule is COc1ccc(CN2CC3CCC(C2)NC3)cc1Cn1cccn1. The number of hydrogen-bond acceptors (Lipinski definition) is 4. The number of rotatable bonds is 5. The summed E-state index contributed by atoms with van der Waals surface area (Å²) in [5.74, 6) is 1.75. The highest BCUT2D eigenvalue weighted by Crippen LogP contribution is 2.25. The van der Waals surface area contributed by atoms with Crippen LogP contribution in [0.25, 0.3) is 0 Å². The van der Waals surface area contributed by atoms with Crippen molar-refractivity contribution in [2.75, 3.05) is 26.7 Å². The van der Waals surface area contributed by atoms with E-state index in [0.717, 1.165) is 31.3 Å². The lowest BCUT2D eigenvalue weighted by atomic mass is 9.97. The molecule has 0 saturated carbocycles. The Morgan fingerprint density at radius 1 is 1.25 bits per heavy atom. The first-order chi connectivity index (χ1) is 11.8. The van der Waals surface area contributed by atoms with Gasteiger partial charge in [0.1, 0.15) is 5.75 Å². The normalized spacial score (nSPS) is 24.0. The summed E-state index contributed by atoms with van der Waals surface area (Å²) in [6.45, 7) is 5.33. The summed E-state index contributed by atoms with van der Waals surface area (Å²) in [5.41, 5.74) is 2.55. The van der Waals surface area contributed by atoms with Gasteiger partial charge in [-0.1, -0.05) is 6.07 Å². The Hall–Kier alpha value is -1.85. The smallest absolute Gasteiger partial charge is 0.123 e. The molecule has 3 aliphatic rings. The molecule has 5 nitrogen and oxygen atoms in total. The van der Waals surface area contributed by atoms with Gasteiger partial charge in [0.05, 0.1) is 13.7 Å². The highest BCUT2D eigenvalue weighted by molar-refractivity contribution is 5.37. The maximum atomic E-state index is 5.54. The van der Waals surface area contributed by atoms with Crippen LogP contribution < -0.4 is 10.1 Å². The molecule has 1 N–H and O–H groups in total. The zero-order valence-corrected chi connectivity index (χ0v) is 14.3. The molecule has 24 heavy (non-hydrogen) atoms. The number of benzene rings is 1. The monoisotopic (exact) mass is 326 g/mol. The van der Waals surface area contributed by atoms with Crippen LogP contribution in [-0.2, 0) is 13.1 Å². The van der Waals surface area contributed by atoms with Crippen LogP contribution in [0.3, 0.4) is 0 Å². The van der Waals surface area contributed by atoms with Gasteiger partial charge in [-0.05, 0) is 49.1 Å². The fraction of sp³-hybridized carbons (Fsp3) is 0.526. The van der Waals surface area contributed by atoms with Crippen molar-refractivity contribution < 1.29 is 4.74 Å². The summed E-state index contributed by atoms with van der Waals surface area (Å²) in [6.07, 6.45) is 6.51. The first-order valence-electron chi connectivity index (χ1n) is 8.89. The molecule has 2 aromatic rings. The van der Waals surface area contributed by atoms with Gasteiger partial charge in [0, 0.05) is 43.6 Å². The molecule has 3 fully saturated rings.